The van der Waals surface area contributed by atoms with Gasteiger partial charge in [-0.1, -0.05) is 29.8 Å². The van der Waals surface area contributed by atoms with Crippen molar-refractivity contribution in [2.24, 2.45) is 4.99 Å². The molecule has 0 aromatic heterocycles. The van der Waals surface area contributed by atoms with Crippen LogP contribution in [0.2, 0.25) is 5.02 Å². The van der Waals surface area contributed by atoms with Crippen LogP contribution in [0.4, 0.5) is 5.69 Å². The summed E-state index contributed by atoms with van der Waals surface area (Å²) in [5, 5.41) is 11.2. The highest BCUT2D eigenvalue weighted by Gasteiger charge is 2.27. The summed E-state index contributed by atoms with van der Waals surface area (Å²) >= 11 is 8.11. The molecular formula is C24H14ClIN2O7. The van der Waals surface area contributed by atoms with Crippen LogP contribution >= 0.6 is 34.2 Å². The number of halogens is 2. The molecule has 0 aliphatic carbocycles. The number of aliphatic imine (C=N–C) groups is 1. The number of nitrogens with zero attached hydrogens (tertiary/aromatic N) is 2. The maximum absolute atomic E-state index is 12.5. The normalized spacial score (nSPS) is 13.9. The van der Waals surface area contributed by atoms with Gasteiger partial charge < -0.3 is 14.2 Å². The monoisotopic (exact) mass is 604 g/mol. The lowest BCUT2D eigenvalue weighted by Gasteiger charge is -2.12. The van der Waals surface area contributed by atoms with Gasteiger partial charge in [0.1, 0.15) is 0 Å². The maximum atomic E-state index is 12.5. The third kappa shape index (κ3) is 5.33. The van der Waals surface area contributed by atoms with Gasteiger partial charge in [0.25, 0.3) is 5.69 Å². The Morgan fingerprint density at radius 2 is 1.91 bits per heavy atom. The smallest absolute Gasteiger partial charge is 0.363 e. The third-order valence-electron chi connectivity index (χ3n) is 4.77. The predicted molar refractivity (Wildman–Crippen MR) is 136 cm³/mol. The van der Waals surface area contributed by atoms with Gasteiger partial charge in [-0.3, -0.25) is 10.1 Å². The Bertz CT molecular complexity index is 1420. The van der Waals surface area contributed by atoms with E-state index < -0.39 is 16.9 Å². The largest absolute Gasteiger partial charge is 0.493 e. The number of hydrogen-bond acceptors (Lipinski definition) is 8. The van der Waals surface area contributed by atoms with Gasteiger partial charge >= 0.3 is 11.9 Å². The van der Waals surface area contributed by atoms with Crippen molar-refractivity contribution in [3.8, 4) is 11.5 Å². The molecule has 35 heavy (non-hydrogen) atoms. The molecule has 11 heteroatoms. The van der Waals surface area contributed by atoms with E-state index in [9.17, 15) is 19.7 Å². The van der Waals surface area contributed by atoms with Crippen LogP contribution in [0.25, 0.3) is 6.08 Å². The van der Waals surface area contributed by atoms with Crippen LogP contribution in [0.5, 0.6) is 11.5 Å². The molecule has 0 amide bonds. The lowest BCUT2D eigenvalue weighted by molar-refractivity contribution is -0.384. The summed E-state index contributed by atoms with van der Waals surface area (Å²) in [6.45, 7) is 0. The number of cyclic esters (lactones) is 1. The molecule has 0 N–H and O–H groups in total. The number of ether oxygens (including phenoxy) is 3. The Morgan fingerprint density at radius 1 is 1.17 bits per heavy atom. The van der Waals surface area contributed by atoms with Crippen LogP contribution in [0.15, 0.2) is 71.4 Å². The molecule has 176 valence electrons. The van der Waals surface area contributed by atoms with E-state index in [-0.39, 0.29) is 39.4 Å². The highest BCUT2D eigenvalue weighted by Crippen LogP contribution is 2.36. The van der Waals surface area contributed by atoms with Crippen LogP contribution in [0.1, 0.15) is 21.5 Å². The molecule has 0 radical (unpaired) electrons. The molecule has 0 atom stereocenters. The van der Waals surface area contributed by atoms with Crippen LogP contribution in [0.3, 0.4) is 0 Å². The summed E-state index contributed by atoms with van der Waals surface area (Å²) in [6, 6.07) is 15.5. The SMILES string of the molecule is COc1cc(/C=C2\N=C(c3cc([N+](=O)[O-])ccc3Cl)OC2=O)cc(I)c1OC(=O)c1ccccc1. The number of hydrogen-bond donors (Lipinski definition) is 0. The van der Waals surface area contributed by atoms with E-state index in [0.29, 0.717) is 14.7 Å². The second kappa shape index (κ2) is 10.2. The molecule has 3 aromatic carbocycles. The fraction of sp³-hybridized carbons (Fsp3) is 0.0417. The number of carbonyl (C=O) groups excluding carboxylic acids is 2. The first-order valence-electron chi connectivity index (χ1n) is 9.88. The molecule has 4 rings (SSSR count). The molecular weight excluding hydrogens is 591 g/mol. The summed E-state index contributed by atoms with van der Waals surface area (Å²) < 4.78 is 16.7. The molecule has 3 aromatic rings. The van der Waals surface area contributed by atoms with Crippen molar-refractivity contribution in [3.05, 3.63) is 102 Å². The number of carbonyl (C=O) groups is 2. The molecule has 0 bridgehead atoms. The molecule has 0 fully saturated rings. The lowest BCUT2D eigenvalue weighted by Crippen LogP contribution is -2.10. The Hall–Kier alpha value is -3.77. The van der Waals surface area contributed by atoms with Crippen LogP contribution in [0, 0.1) is 13.7 Å². The minimum Gasteiger partial charge on any atom is -0.493 e. The third-order valence-corrected chi connectivity index (χ3v) is 5.90. The number of methoxy groups -OCH3 is 1. The molecule has 1 aliphatic heterocycles. The Morgan fingerprint density at radius 3 is 2.60 bits per heavy atom. The molecule has 0 unspecified atom stereocenters. The molecule has 1 heterocycles. The van der Waals surface area contributed by atoms with Gasteiger partial charge in [-0.05, 0) is 64.6 Å². The van der Waals surface area contributed by atoms with Crippen LogP contribution in [-0.2, 0) is 9.53 Å². The van der Waals surface area contributed by atoms with E-state index in [2.05, 4.69) is 4.99 Å². The topological polar surface area (TPSA) is 117 Å². The fourth-order valence-corrected chi connectivity index (χ4v) is 4.05. The van der Waals surface area contributed by atoms with Crippen LogP contribution in [-0.4, -0.2) is 29.9 Å². The Labute approximate surface area is 217 Å². The van der Waals surface area contributed by atoms with Crippen molar-refractivity contribution >= 4 is 63.8 Å². The van der Waals surface area contributed by atoms with E-state index in [4.69, 9.17) is 25.8 Å². The molecule has 0 spiro atoms. The number of nitro groups is 1. The number of benzene rings is 3. The van der Waals surface area contributed by atoms with Crippen molar-refractivity contribution in [1.29, 1.82) is 0 Å². The predicted octanol–water partition coefficient (Wildman–Crippen LogP) is 5.43. The molecule has 0 saturated heterocycles. The summed E-state index contributed by atoms with van der Waals surface area (Å²) in [7, 11) is 1.42. The van der Waals surface area contributed by atoms with E-state index in [0.717, 1.165) is 0 Å². The summed E-state index contributed by atoms with van der Waals surface area (Å²) in [5.41, 5.74) is 0.752. The first-order chi connectivity index (χ1) is 16.8. The second-order valence-corrected chi connectivity index (χ2v) is 8.62. The summed E-state index contributed by atoms with van der Waals surface area (Å²) in [5.74, 6) is -0.951. The molecule has 1 aliphatic rings. The summed E-state index contributed by atoms with van der Waals surface area (Å²) in [6.07, 6.45) is 1.45. The average molecular weight is 605 g/mol. The quantitative estimate of drug-likeness (QED) is 0.0920. The number of nitro benzene ring substituents is 1. The van der Waals surface area contributed by atoms with Gasteiger partial charge in [0.05, 0.1) is 31.8 Å². The minimum absolute atomic E-state index is 0.0468. The standard InChI is InChI=1S/C24H14ClIN2O7/c1-33-20-11-13(9-18(26)21(20)34-23(29)14-5-3-2-4-6-14)10-19-24(30)35-22(27-19)16-12-15(28(31)32)7-8-17(16)25/h2-12H,1H3/b19-10-. The fourth-order valence-electron chi connectivity index (χ4n) is 3.12. The first kappa shape index (κ1) is 24.4. The average Bonchev–Trinajstić information content (AvgIpc) is 3.20. The van der Waals surface area contributed by atoms with Gasteiger partial charge in [0, 0.05) is 12.1 Å². The van der Waals surface area contributed by atoms with Crippen molar-refractivity contribution in [2.75, 3.05) is 7.11 Å². The highest BCUT2D eigenvalue weighted by atomic mass is 127. The van der Waals surface area contributed by atoms with Gasteiger partial charge in [-0.2, -0.15) is 0 Å². The first-order valence-corrected chi connectivity index (χ1v) is 11.3. The van der Waals surface area contributed by atoms with Crippen molar-refractivity contribution < 1.29 is 28.7 Å². The van der Waals surface area contributed by atoms with Gasteiger partial charge in [-0.25, -0.2) is 14.6 Å². The highest BCUT2D eigenvalue weighted by molar-refractivity contribution is 14.1. The molecule has 9 nitrogen and oxygen atoms in total. The van der Waals surface area contributed by atoms with Gasteiger partial charge in [0.15, 0.2) is 17.2 Å². The second-order valence-electron chi connectivity index (χ2n) is 7.05. The van der Waals surface area contributed by atoms with Gasteiger partial charge in [0.2, 0.25) is 5.90 Å². The Balaban J connectivity index is 1.65. The maximum Gasteiger partial charge on any atom is 0.363 e. The van der Waals surface area contributed by atoms with Crippen molar-refractivity contribution in [2.45, 2.75) is 0 Å². The van der Waals surface area contributed by atoms with Crippen molar-refractivity contribution in [3.63, 3.8) is 0 Å². The van der Waals surface area contributed by atoms with E-state index in [1.54, 1.807) is 42.5 Å². The van der Waals surface area contributed by atoms with Gasteiger partial charge in [-0.15, -0.1) is 0 Å². The zero-order valence-electron chi connectivity index (χ0n) is 17.9. The van der Waals surface area contributed by atoms with E-state index in [1.165, 1.54) is 31.4 Å². The summed E-state index contributed by atoms with van der Waals surface area (Å²) in [4.78, 5) is 39.5. The van der Waals surface area contributed by atoms with Crippen molar-refractivity contribution in [1.82, 2.24) is 0 Å². The minimum atomic E-state index is -0.754. The molecule has 0 saturated carbocycles. The van der Waals surface area contributed by atoms with E-state index in [1.807, 2.05) is 22.6 Å². The lowest BCUT2D eigenvalue weighted by atomic mass is 10.1. The zero-order chi connectivity index (χ0) is 25.1. The van der Waals surface area contributed by atoms with E-state index >= 15 is 0 Å². The zero-order valence-corrected chi connectivity index (χ0v) is 20.8. The number of rotatable bonds is 6. The number of non-ortho nitro benzene ring substituents is 1. The van der Waals surface area contributed by atoms with Crippen LogP contribution < -0.4 is 9.47 Å². The Kier molecular flexibility index (Phi) is 7.12. The number of esters is 2.